The summed E-state index contributed by atoms with van der Waals surface area (Å²) in [7, 11) is 0. The Bertz CT molecular complexity index is 1140. The molecule has 1 aliphatic heterocycles. The van der Waals surface area contributed by atoms with Crippen molar-refractivity contribution < 1.29 is 23.9 Å². The molecule has 3 amide bonds. The Morgan fingerprint density at radius 3 is 2.45 bits per heavy atom. The third kappa shape index (κ3) is 5.68. The zero-order chi connectivity index (χ0) is 23.0. The Hall–Kier alpha value is -4.33. The van der Waals surface area contributed by atoms with Crippen LogP contribution in [0, 0.1) is 0 Å². The molecule has 0 bridgehead atoms. The number of fused-ring (bicyclic) bond motifs is 1. The fourth-order valence-electron chi connectivity index (χ4n) is 3.36. The minimum Gasteiger partial charge on any atom is -0.492 e. The van der Waals surface area contributed by atoms with Gasteiger partial charge in [-0.1, -0.05) is 36.4 Å². The van der Waals surface area contributed by atoms with Crippen LogP contribution in [0.4, 0.5) is 11.4 Å². The van der Waals surface area contributed by atoms with Crippen LogP contribution < -0.4 is 25.0 Å². The van der Waals surface area contributed by atoms with E-state index >= 15 is 0 Å². The number of benzene rings is 3. The summed E-state index contributed by atoms with van der Waals surface area (Å²) in [5, 5.41) is 5.31. The summed E-state index contributed by atoms with van der Waals surface area (Å²) in [5.41, 5.74) is 1.59. The van der Waals surface area contributed by atoms with E-state index in [2.05, 4.69) is 10.6 Å². The van der Waals surface area contributed by atoms with E-state index in [1.54, 1.807) is 47.4 Å². The van der Waals surface area contributed by atoms with Crippen molar-refractivity contribution in [2.45, 2.75) is 0 Å². The maximum Gasteiger partial charge on any atom is 0.265 e. The quantitative estimate of drug-likeness (QED) is 0.556. The summed E-state index contributed by atoms with van der Waals surface area (Å²) in [6, 6.07) is 23.1. The largest absolute Gasteiger partial charge is 0.492 e. The maximum absolute atomic E-state index is 12.4. The van der Waals surface area contributed by atoms with E-state index in [4.69, 9.17) is 9.47 Å². The molecule has 3 aromatic carbocycles. The molecule has 8 nitrogen and oxygen atoms in total. The van der Waals surface area contributed by atoms with Crippen molar-refractivity contribution in [2.75, 3.05) is 36.5 Å². The van der Waals surface area contributed by atoms with Gasteiger partial charge in [0.25, 0.3) is 11.8 Å². The van der Waals surface area contributed by atoms with Crippen LogP contribution in [-0.2, 0) is 9.59 Å². The highest BCUT2D eigenvalue weighted by atomic mass is 16.5. The predicted octanol–water partition coefficient (Wildman–Crippen LogP) is 2.86. The molecule has 8 heteroatoms. The molecule has 2 N–H and O–H groups in total. The number of amides is 3. The average Bonchev–Trinajstić information content (AvgIpc) is 2.85. The number of nitrogens with zero attached hydrogens (tertiary/aromatic N) is 1. The normalized spacial score (nSPS) is 12.4. The Labute approximate surface area is 191 Å². The van der Waals surface area contributed by atoms with Crippen LogP contribution in [0.2, 0.25) is 0 Å². The standard InChI is InChI=1S/C25H23N3O5/c29-23(16-26-25(31)18-7-3-1-4-8-18)27-19-11-12-21-22(15-19)33-17-24(30)28(21)13-14-32-20-9-5-2-6-10-20/h1-12,15H,13-14,16-17H2,(H,26,31)(H,27,29). The van der Waals surface area contributed by atoms with Gasteiger partial charge in [-0.2, -0.15) is 0 Å². The molecule has 4 rings (SSSR count). The monoisotopic (exact) mass is 445 g/mol. The van der Waals surface area contributed by atoms with Crippen molar-refractivity contribution in [3.63, 3.8) is 0 Å². The lowest BCUT2D eigenvalue weighted by Gasteiger charge is -2.29. The van der Waals surface area contributed by atoms with Crippen LogP contribution in [0.5, 0.6) is 11.5 Å². The molecule has 1 heterocycles. The summed E-state index contributed by atoms with van der Waals surface area (Å²) in [4.78, 5) is 38.3. The zero-order valence-electron chi connectivity index (χ0n) is 17.8. The smallest absolute Gasteiger partial charge is 0.265 e. The van der Waals surface area contributed by atoms with Crippen LogP contribution in [0.3, 0.4) is 0 Å². The first kappa shape index (κ1) is 21.9. The first-order chi connectivity index (χ1) is 16.1. The average molecular weight is 445 g/mol. The topological polar surface area (TPSA) is 97.0 Å². The fraction of sp³-hybridized carbons (Fsp3) is 0.160. The van der Waals surface area contributed by atoms with Crippen LogP contribution in [0.25, 0.3) is 0 Å². The zero-order valence-corrected chi connectivity index (χ0v) is 17.8. The van der Waals surface area contributed by atoms with Crippen LogP contribution >= 0.6 is 0 Å². The van der Waals surface area contributed by atoms with Crippen LogP contribution in [0.15, 0.2) is 78.9 Å². The number of carbonyl (C=O) groups excluding carboxylic acids is 3. The Morgan fingerprint density at radius 2 is 1.70 bits per heavy atom. The summed E-state index contributed by atoms with van der Waals surface area (Å²) in [6.45, 7) is 0.423. The molecular formula is C25H23N3O5. The van der Waals surface area contributed by atoms with Gasteiger partial charge in [0.2, 0.25) is 5.91 Å². The fourth-order valence-corrected chi connectivity index (χ4v) is 3.36. The van der Waals surface area contributed by atoms with Gasteiger partial charge in [-0.3, -0.25) is 14.4 Å². The van der Waals surface area contributed by atoms with Crippen LogP contribution in [-0.4, -0.2) is 44.0 Å². The number of para-hydroxylation sites is 1. The van der Waals surface area contributed by atoms with Crippen molar-refractivity contribution in [1.82, 2.24) is 5.32 Å². The van der Waals surface area contributed by atoms with Gasteiger partial charge in [0.05, 0.1) is 18.8 Å². The van der Waals surface area contributed by atoms with Gasteiger partial charge in [0, 0.05) is 17.3 Å². The minimum absolute atomic E-state index is 0.0944. The number of nitrogens with one attached hydrogen (secondary N) is 2. The highest BCUT2D eigenvalue weighted by Gasteiger charge is 2.25. The summed E-state index contributed by atoms with van der Waals surface area (Å²) >= 11 is 0. The number of carbonyl (C=O) groups is 3. The first-order valence-corrected chi connectivity index (χ1v) is 10.5. The predicted molar refractivity (Wildman–Crippen MR) is 124 cm³/mol. The summed E-state index contributed by atoms with van der Waals surface area (Å²) in [6.07, 6.45) is 0. The van der Waals surface area contributed by atoms with Gasteiger partial charge in [-0.25, -0.2) is 0 Å². The number of hydrogen-bond donors (Lipinski definition) is 2. The first-order valence-electron chi connectivity index (χ1n) is 10.5. The van der Waals surface area contributed by atoms with Gasteiger partial charge in [-0.15, -0.1) is 0 Å². The molecule has 168 valence electrons. The van der Waals surface area contributed by atoms with Crippen molar-refractivity contribution in [2.24, 2.45) is 0 Å². The Kier molecular flexibility index (Phi) is 6.84. The summed E-state index contributed by atoms with van der Waals surface area (Å²) in [5.74, 6) is 0.349. The van der Waals surface area contributed by atoms with E-state index in [9.17, 15) is 14.4 Å². The van der Waals surface area contributed by atoms with Crippen molar-refractivity contribution in [3.05, 3.63) is 84.4 Å². The van der Waals surface area contributed by atoms with Crippen molar-refractivity contribution in [3.8, 4) is 11.5 Å². The van der Waals surface area contributed by atoms with E-state index in [0.29, 0.717) is 35.8 Å². The van der Waals surface area contributed by atoms with Gasteiger partial charge in [0.1, 0.15) is 18.1 Å². The van der Waals surface area contributed by atoms with Gasteiger partial charge < -0.3 is 25.0 Å². The molecule has 0 saturated heterocycles. The lowest BCUT2D eigenvalue weighted by atomic mass is 10.2. The molecule has 0 unspecified atom stereocenters. The SMILES string of the molecule is O=C(CNC(=O)c1ccccc1)Nc1ccc2c(c1)OCC(=O)N2CCOc1ccccc1. The highest BCUT2D eigenvalue weighted by Crippen LogP contribution is 2.34. The molecule has 0 fully saturated rings. The third-order valence-corrected chi connectivity index (χ3v) is 4.96. The second kappa shape index (κ2) is 10.3. The summed E-state index contributed by atoms with van der Waals surface area (Å²) < 4.78 is 11.3. The Balaban J connectivity index is 1.33. The van der Waals surface area contributed by atoms with Gasteiger partial charge in [-0.05, 0) is 36.4 Å². The van der Waals surface area contributed by atoms with E-state index in [1.807, 2.05) is 36.4 Å². The molecular weight excluding hydrogens is 422 g/mol. The molecule has 0 atom stereocenters. The van der Waals surface area contributed by atoms with E-state index in [0.717, 1.165) is 5.75 Å². The molecule has 1 aliphatic rings. The van der Waals surface area contributed by atoms with E-state index in [1.165, 1.54) is 0 Å². The van der Waals surface area contributed by atoms with E-state index < -0.39 is 0 Å². The molecule has 0 radical (unpaired) electrons. The lowest BCUT2D eigenvalue weighted by molar-refractivity contribution is -0.121. The van der Waals surface area contributed by atoms with Crippen LogP contribution in [0.1, 0.15) is 10.4 Å². The highest BCUT2D eigenvalue weighted by molar-refractivity contribution is 6.01. The van der Waals surface area contributed by atoms with Crippen molar-refractivity contribution in [1.29, 1.82) is 0 Å². The van der Waals surface area contributed by atoms with Crippen molar-refractivity contribution >= 4 is 29.1 Å². The molecule has 0 aliphatic carbocycles. The van der Waals surface area contributed by atoms with E-state index in [-0.39, 0.29) is 30.9 Å². The molecule has 0 aromatic heterocycles. The second-order valence-corrected chi connectivity index (χ2v) is 7.27. The molecule has 0 spiro atoms. The number of hydrogen-bond acceptors (Lipinski definition) is 5. The maximum atomic E-state index is 12.4. The number of ether oxygens (including phenoxy) is 2. The third-order valence-electron chi connectivity index (χ3n) is 4.96. The second-order valence-electron chi connectivity index (χ2n) is 7.27. The molecule has 0 saturated carbocycles. The number of rotatable bonds is 8. The lowest BCUT2D eigenvalue weighted by Crippen LogP contribution is -2.41. The van der Waals surface area contributed by atoms with Gasteiger partial charge >= 0.3 is 0 Å². The molecule has 33 heavy (non-hydrogen) atoms. The Morgan fingerprint density at radius 1 is 0.970 bits per heavy atom. The van der Waals surface area contributed by atoms with Gasteiger partial charge in [0.15, 0.2) is 6.61 Å². The molecule has 3 aromatic rings. The minimum atomic E-state index is -0.376. The number of anilines is 2.